The lowest BCUT2D eigenvalue weighted by Gasteiger charge is -2.26. The van der Waals surface area contributed by atoms with Crippen molar-refractivity contribution < 1.29 is 105 Å². The maximum Gasteiger partial charge on any atom is 0.696 e. The Labute approximate surface area is 321 Å². The van der Waals surface area contributed by atoms with Gasteiger partial charge in [-0.3, -0.25) is 52.1 Å². The summed E-state index contributed by atoms with van der Waals surface area (Å²) in [6.45, 7) is -1.71. The number of aliphatic carboxylic acids is 1. The average molecular weight is 922 g/mol. The quantitative estimate of drug-likeness (QED) is 0.0225. The molecule has 322 valence electrons. The first kappa shape index (κ1) is 54.5. The second kappa shape index (κ2) is 32.4. The summed E-state index contributed by atoms with van der Waals surface area (Å²) in [6.07, 6.45) is -0.583. The monoisotopic (exact) mass is 922 g/mol. The van der Waals surface area contributed by atoms with Crippen molar-refractivity contribution >= 4 is 68.7 Å². The zero-order chi connectivity index (χ0) is 41.9. The van der Waals surface area contributed by atoms with E-state index in [1.54, 1.807) is 0 Å². The van der Waals surface area contributed by atoms with E-state index >= 15 is 0 Å². The van der Waals surface area contributed by atoms with Gasteiger partial charge in [0.1, 0.15) is 26.9 Å². The van der Waals surface area contributed by atoms with Crippen molar-refractivity contribution in [1.29, 1.82) is 0 Å². The molecule has 0 heterocycles. The molecule has 0 aliphatic carbocycles. The second-order valence-electron chi connectivity index (χ2n) is 10.6. The van der Waals surface area contributed by atoms with Crippen molar-refractivity contribution in [2.24, 2.45) is 11.8 Å². The van der Waals surface area contributed by atoms with Gasteiger partial charge in [0, 0.05) is 67.9 Å². The Morgan fingerprint density at radius 3 is 1.25 bits per heavy atom. The minimum atomic E-state index is -3.04. The Morgan fingerprint density at radius 1 is 0.582 bits per heavy atom. The molecule has 13 N–H and O–H groups in total. The molecule has 0 fully saturated rings. The maximum absolute atomic E-state index is 13.1. The van der Waals surface area contributed by atoms with Crippen molar-refractivity contribution in [3.8, 4) is 0 Å². The molecule has 0 bridgehead atoms. The summed E-state index contributed by atoms with van der Waals surface area (Å²) in [4.78, 5) is 133. The molecule has 0 aliphatic heterocycles. The molecule has 0 saturated carbocycles. The highest BCUT2D eigenvalue weighted by atomic mass is 31.2. The van der Waals surface area contributed by atoms with Crippen LogP contribution in [0.2, 0.25) is 0 Å². The summed E-state index contributed by atoms with van der Waals surface area (Å²) >= 11 is 0. The summed E-state index contributed by atoms with van der Waals surface area (Å²) in [7, 11) is -17.1. The second-order valence-corrected chi connectivity index (χ2v) is 15.2. The predicted molar refractivity (Wildman–Crippen MR) is 188 cm³/mol. The topological polar surface area (TPSA) is 400 Å². The van der Waals surface area contributed by atoms with E-state index in [4.69, 9.17) is 76.1 Å². The van der Waals surface area contributed by atoms with E-state index in [9.17, 15) is 28.6 Å². The number of carbonyl (C=O) groups is 3. The van der Waals surface area contributed by atoms with Gasteiger partial charge in [-0.05, 0) is 0 Å². The lowest BCUT2D eigenvalue weighted by Crippen LogP contribution is -2.45. The van der Waals surface area contributed by atoms with Crippen LogP contribution in [0.25, 0.3) is 0 Å². The van der Waals surface area contributed by atoms with Gasteiger partial charge in [-0.25, -0.2) is 0 Å². The van der Waals surface area contributed by atoms with Crippen molar-refractivity contribution in [2.45, 2.75) is 13.3 Å². The van der Waals surface area contributed by atoms with Gasteiger partial charge in [0.05, 0.1) is 11.8 Å². The first-order valence-corrected chi connectivity index (χ1v) is 22.2. The SMILES string of the molecule is CC(C(=O)O)C(CC(=O)NCCN(CCN(COP(O)O)COP(O)O)CO[P+](=O)O)C(=O)NCCN(CCN(COP(O)O)COP(O)O)CO[P+](=O)O. The number of carboxylic acid groups (broad SMARTS) is 1. The van der Waals surface area contributed by atoms with E-state index < -0.39 is 127 Å². The van der Waals surface area contributed by atoms with Gasteiger partial charge in [0.2, 0.25) is 11.8 Å². The zero-order valence-electron chi connectivity index (χ0n) is 29.1. The van der Waals surface area contributed by atoms with Gasteiger partial charge < -0.3 is 54.9 Å². The molecule has 2 amide bonds. The molecule has 28 nitrogen and oxygen atoms in total. The fraction of sp³-hybridized carbons (Fsp3) is 0.857. The smallest absolute Gasteiger partial charge is 0.481 e. The van der Waals surface area contributed by atoms with Crippen LogP contribution in [0.5, 0.6) is 0 Å². The van der Waals surface area contributed by atoms with Crippen molar-refractivity contribution in [1.82, 2.24) is 30.2 Å². The van der Waals surface area contributed by atoms with Crippen LogP contribution in [0.1, 0.15) is 13.3 Å². The molecule has 55 heavy (non-hydrogen) atoms. The maximum atomic E-state index is 13.1. The number of nitrogens with one attached hydrogen (secondary N) is 2. The van der Waals surface area contributed by atoms with Crippen molar-refractivity contribution in [3.63, 3.8) is 0 Å². The Bertz CT molecular complexity index is 1100. The number of rotatable bonds is 35. The molecule has 4 unspecified atom stereocenters. The van der Waals surface area contributed by atoms with E-state index in [1.807, 2.05) is 0 Å². The number of hydrogen-bond acceptors (Lipinski definition) is 23. The molecule has 0 aromatic heterocycles. The average Bonchev–Trinajstić information content (AvgIpc) is 3.09. The van der Waals surface area contributed by atoms with Crippen LogP contribution in [-0.4, -0.2) is 184 Å². The van der Waals surface area contributed by atoms with E-state index in [0.29, 0.717) is 0 Å². The van der Waals surface area contributed by atoms with Crippen LogP contribution in [0.15, 0.2) is 0 Å². The first-order chi connectivity index (χ1) is 25.8. The summed E-state index contributed by atoms with van der Waals surface area (Å²) in [5, 5.41) is 14.6. The number of hydrogen-bond donors (Lipinski definition) is 13. The third kappa shape index (κ3) is 31.2. The van der Waals surface area contributed by atoms with Crippen molar-refractivity contribution in [2.75, 3.05) is 92.7 Å². The summed E-state index contributed by atoms with van der Waals surface area (Å²) in [6, 6.07) is 0. The molecular weight excluding hydrogens is 874 g/mol. The van der Waals surface area contributed by atoms with E-state index in [1.165, 1.54) is 26.5 Å². The standard InChI is InChI=1S/C21H46N6O22P6/c1-17(21(30)31)18(20(29)23-3-5-25(12-45-51(34)35)7-9-27(15-48-54(40)41)16-49-55(42)43)10-19(28)22-2-4-24(11-44-50(32)33)6-8-26(13-46-52(36)37)14-47-53(38)39/h17-18,36-43H,2-16H2,1H3,(H3-2,22,23,28,29,30,31,32,33,34,35)/p+2. The van der Waals surface area contributed by atoms with Crippen LogP contribution < -0.4 is 10.6 Å². The minimum Gasteiger partial charge on any atom is -0.481 e. The van der Waals surface area contributed by atoms with Gasteiger partial charge >= 0.3 is 56.9 Å². The number of nitrogens with zero attached hydrogens (tertiary/aromatic N) is 4. The molecular formula is C21H48N6O22P6+2. The molecule has 0 rings (SSSR count). The molecule has 0 aliphatic rings. The molecule has 4 atom stereocenters. The molecule has 0 aromatic rings. The minimum absolute atomic E-state index is 0.00214. The third-order valence-electron chi connectivity index (χ3n) is 6.80. The van der Waals surface area contributed by atoms with E-state index in [-0.39, 0.29) is 52.4 Å². The van der Waals surface area contributed by atoms with E-state index in [0.717, 1.165) is 0 Å². The summed E-state index contributed by atoms with van der Waals surface area (Å²) in [5.74, 6) is -5.66. The Kier molecular flexibility index (Phi) is 32.1. The number of carboxylic acids is 1. The van der Waals surface area contributed by atoms with Crippen LogP contribution in [0.4, 0.5) is 0 Å². The fourth-order valence-electron chi connectivity index (χ4n) is 3.94. The van der Waals surface area contributed by atoms with Crippen LogP contribution in [0.3, 0.4) is 0 Å². The molecule has 34 heteroatoms. The normalized spacial score (nSPS) is 13.9. The van der Waals surface area contributed by atoms with Crippen molar-refractivity contribution in [3.05, 3.63) is 0 Å². The largest absolute Gasteiger partial charge is 0.696 e. The van der Waals surface area contributed by atoms with Crippen LogP contribution in [0, 0.1) is 11.8 Å². The lowest BCUT2D eigenvalue weighted by molar-refractivity contribution is -0.147. The summed E-state index contributed by atoms with van der Waals surface area (Å²) in [5.41, 5.74) is 0. The Hall–Kier alpha value is -0.470. The van der Waals surface area contributed by atoms with Crippen LogP contribution >= 0.6 is 50.9 Å². The predicted octanol–water partition coefficient (Wildman–Crippen LogP) is -2.86. The fourth-order valence-corrected chi connectivity index (χ4v) is 5.53. The zero-order valence-corrected chi connectivity index (χ0v) is 34.5. The van der Waals surface area contributed by atoms with Gasteiger partial charge in [-0.2, -0.15) is 0 Å². The van der Waals surface area contributed by atoms with Gasteiger partial charge in [-0.1, -0.05) is 6.92 Å². The lowest BCUT2D eigenvalue weighted by atomic mass is 9.89. The Morgan fingerprint density at radius 2 is 0.927 bits per heavy atom. The summed E-state index contributed by atoms with van der Waals surface area (Å²) < 4.78 is 50.6. The Balaban J connectivity index is 5.41. The molecule has 0 aromatic carbocycles. The number of carbonyl (C=O) groups excluding carboxylic acids is 2. The molecule has 0 saturated heterocycles. The molecule has 0 spiro atoms. The van der Waals surface area contributed by atoms with Crippen LogP contribution in [-0.2, 0) is 50.7 Å². The molecule has 0 radical (unpaired) electrons. The third-order valence-corrected chi connectivity index (χ3v) is 8.86. The van der Waals surface area contributed by atoms with Gasteiger partial charge in [-0.15, -0.1) is 18.8 Å². The highest BCUT2D eigenvalue weighted by molar-refractivity contribution is 7.40. The first-order valence-electron chi connectivity index (χ1n) is 15.3. The van der Waals surface area contributed by atoms with Gasteiger partial charge in [0.15, 0.2) is 13.5 Å². The number of amides is 2. The highest BCUT2D eigenvalue weighted by Crippen LogP contribution is 2.28. The highest BCUT2D eigenvalue weighted by Gasteiger charge is 2.32. The van der Waals surface area contributed by atoms with E-state index in [2.05, 4.69) is 10.6 Å². The van der Waals surface area contributed by atoms with Gasteiger partial charge in [0.25, 0.3) is 0 Å².